The van der Waals surface area contributed by atoms with E-state index in [0.717, 1.165) is 5.56 Å². The van der Waals surface area contributed by atoms with Crippen molar-refractivity contribution in [2.24, 2.45) is 5.92 Å². The third kappa shape index (κ3) is 4.07. The second kappa shape index (κ2) is 7.98. The number of rotatable bonds is 4. The van der Waals surface area contributed by atoms with Gasteiger partial charge in [-0.15, -0.1) is 0 Å². The molecule has 2 aliphatic rings. The summed E-state index contributed by atoms with van der Waals surface area (Å²) >= 11 is 0. The Labute approximate surface area is 159 Å². The molecule has 1 fully saturated rings. The number of piperidine rings is 1. The van der Waals surface area contributed by atoms with E-state index < -0.39 is 6.10 Å². The Morgan fingerprint density at radius 1 is 1.26 bits per heavy atom. The van der Waals surface area contributed by atoms with Gasteiger partial charge in [-0.2, -0.15) is 0 Å². The average molecular weight is 374 g/mol. The Morgan fingerprint density at radius 2 is 1.96 bits per heavy atom. The minimum absolute atomic E-state index is 0.0208. The Morgan fingerprint density at radius 3 is 2.63 bits per heavy atom. The molecule has 0 radical (unpaired) electrons. The summed E-state index contributed by atoms with van der Waals surface area (Å²) < 4.78 is 10.7. The molecule has 2 amide bonds. The highest BCUT2D eigenvalue weighted by Crippen LogP contribution is 2.34. The predicted octanol–water partition coefficient (Wildman–Crippen LogP) is 1.91. The van der Waals surface area contributed by atoms with Gasteiger partial charge in [0.05, 0.1) is 18.2 Å². The van der Waals surface area contributed by atoms with E-state index in [1.807, 2.05) is 25.1 Å². The van der Waals surface area contributed by atoms with Crippen LogP contribution in [-0.2, 0) is 19.1 Å². The fourth-order valence-corrected chi connectivity index (χ4v) is 3.54. The number of esters is 1. The summed E-state index contributed by atoms with van der Waals surface area (Å²) in [7, 11) is 0. The molecule has 7 nitrogen and oxygen atoms in total. The molecule has 0 aliphatic carbocycles. The summed E-state index contributed by atoms with van der Waals surface area (Å²) in [5.74, 6) is -0.0646. The molecule has 146 valence electrons. The molecule has 3 rings (SSSR count). The van der Waals surface area contributed by atoms with Gasteiger partial charge in [-0.05, 0) is 51.3 Å². The molecule has 0 aromatic heterocycles. The summed E-state index contributed by atoms with van der Waals surface area (Å²) in [4.78, 5) is 40.5. The lowest BCUT2D eigenvalue weighted by Crippen LogP contribution is -2.51. The van der Waals surface area contributed by atoms with Crippen LogP contribution in [0.3, 0.4) is 0 Å². The molecular weight excluding hydrogens is 348 g/mol. The highest BCUT2D eigenvalue weighted by molar-refractivity contribution is 6.03. The van der Waals surface area contributed by atoms with Gasteiger partial charge in [-0.25, -0.2) is 0 Å². The second-order valence-corrected chi connectivity index (χ2v) is 7.06. The molecule has 0 bridgehead atoms. The van der Waals surface area contributed by atoms with Gasteiger partial charge in [0.1, 0.15) is 12.3 Å². The fourth-order valence-electron chi connectivity index (χ4n) is 3.54. The smallest absolute Gasteiger partial charge is 0.309 e. The highest BCUT2D eigenvalue weighted by Gasteiger charge is 2.35. The maximum absolute atomic E-state index is 12.8. The monoisotopic (exact) mass is 374 g/mol. The van der Waals surface area contributed by atoms with Crippen LogP contribution < -0.4 is 9.64 Å². The summed E-state index contributed by atoms with van der Waals surface area (Å²) in [6, 6.07) is 5.61. The molecule has 1 unspecified atom stereocenters. The number of amides is 2. The Kier molecular flexibility index (Phi) is 5.68. The van der Waals surface area contributed by atoms with Crippen molar-refractivity contribution < 1.29 is 23.9 Å². The van der Waals surface area contributed by atoms with Crippen molar-refractivity contribution in [3.8, 4) is 5.75 Å². The first-order valence-electron chi connectivity index (χ1n) is 9.43. The molecule has 1 atom stereocenters. The molecule has 0 spiro atoms. The van der Waals surface area contributed by atoms with Crippen LogP contribution in [0, 0.1) is 12.8 Å². The van der Waals surface area contributed by atoms with Gasteiger partial charge in [0.25, 0.3) is 5.91 Å². The number of hydrogen-bond acceptors (Lipinski definition) is 5. The van der Waals surface area contributed by atoms with Crippen LogP contribution in [0.1, 0.15) is 32.3 Å². The summed E-state index contributed by atoms with van der Waals surface area (Å²) in [5, 5.41) is 0. The van der Waals surface area contributed by atoms with Crippen LogP contribution in [0.25, 0.3) is 0 Å². The van der Waals surface area contributed by atoms with Crippen LogP contribution in [0.4, 0.5) is 5.69 Å². The largest absolute Gasteiger partial charge is 0.479 e. The third-order valence-corrected chi connectivity index (χ3v) is 5.08. The van der Waals surface area contributed by atoms with E-state index >= 15 is 0 Å². The first kappa shape index (κ1) is 19.2. The quantitative estimate of drug-likeness (QED) is 0.753. The van der Waals surface area contributed by atoms with Crippen molar-refractivity contribution in [1.82, 2.24) is 4.90 Å². The number of nitrogens with zero attached hydrogens (tertiary/aromatic N) is 2. The normalized spacial score (nSPS) is 20.1. The van der Waals surface area contributed by atoms with Gasteiger partial charge in [0, 0.05) is 13.1 Å². The zero-order valence-electron chi connectivity index (χ0n) is 16.1. The van der Waals surface area contributed by atoms with Gasteiger partial charge in [-0.3, -0.25) is 19.3 Å². The van der Waals surface area contributed by atoms with Crippen molar-refractivity contribution in [3.05, 3.63) is 23.8 Å². The third-order valence-electron chi connectivity index (χ3n) is 5.08. The number of carbonyl (C=O) groups is 3. The first-order chi connectivity index (χ1) is 12.9. The topological polar surface area (TPSA) is 76.2 Å². The maximum atomic E-state index is 12.8. The van der Waals surface area contributed by atoms with E-state index in [2.05, 4.69) is 0 Å². The van der Waals surface area contributed by atoms with Crippen LogP contribution in [0.2, 0.25) is 0 Å². The van der Waals surface area contributed by atoms with Crippen molar-refractivity contribution in [2.45, 2.75) is 39.7 Å². The van der Waals surface area contributed by atoms with E-state index in [4.69, 9.17) is 9.47 Å². The van der Waals surface area contributed by atoms with E-state index in [1.165, 1.54) is 4.90 Å². The van der Waals surface area contributed by atoms with E-state index in [-0.39, 0.29) is 30.2 Å². The maximum Gasteiger partial charge on any atom is 0.309 e. The minimum atomic E-state index is -0.623. The van der Waals surface area contributed by atoms with Gasteiger partial charge in [0.15, 0.2) is 6.10 Å². The summed E-state index contributed by atoms with van der Waals surface area (Å²) in [6.45, 7) is 6.75. The lowest BCUT2D eigenvalue weighted by atomic mass is 9.97. The number of likely N-dealkylation sites (tertiary alicyclic amines) is 1. The molecule has 2 heterocycles. The number of aryl methyl sites for hydroxylation is 1. The molecule has 0 N–H and O–H groups in total. The van der Waals surface area contributed by atoms with E-state index in [0.29, 0.717) is 44.0 Å². The average Bonchev–Trinajstić information content (AvgIpc) is 2.66. The zero-order valence-corrected chi connectivity index (χ0v) is 16.1. The fraction of sp³-hybridized carbons (Fsp3) is 0.550. The molecule has 1 aromatic rings. The number of hydrogen-bond donors (Lipinski definition) is 0. The molecule has 0 saturated carbocycles. The van der Waals surface area contributed by atoms with E-state index in [1.54, 1.807) is 18.7 Å². The van der Waals surface area contributed by atoms with Crippen molar-refractivity contribution >= 4 is 23.5 Å². The molecule has 7 heteroatoms. The number of carbonyl (C=O) groups excluding carboxylic acids is 3. The molecule has 1 saturated heterocycles. The van der Waals surface area contributed by atoms with Gasteiger partial charge in [0.2, 0.25) is 5.91 Å². The van der Waals surface area contributed by atoms with Crippen LogP contribution in [-0.4, -0.2) is 55.0 Å². The van der Waals surface area contributed by atoms with Crippen LogP contribution in [0.5, 0.6) is 5.75 Å². The lowest BCUT2D eigenvalue weighted by Gasteiger charge is -2.36. The Balaban J connectivity index is 1.67. The molecule has 1 aromatic carbocycles. The summed E-state index contributed by atoms with van der Waals surface area (Å²) in [6.07, 6.45) is 0.559. The SMILES string of the molecule is CCOC(=O)C1CCN(C(=O)CN2C(=O)C(C)Oc3ccc(C)cc32)CC1. The summed E-state index contributed by atoms with van der Waals surface area (Å²) in [5.41, 5.74) is 1.63. The minimum Gasteiger partial charge on any atom is -0.479 e. The van der Waals surface area contributed by atoms with Crippen LogP contribution >= 0.6 is 0 Å². The van der Waals surface area contributed by atoms with Crippen LogP contribution in [0.15, 0.2) is 18.2 Å². The van der Waals surface area contributed by atoms with E-state index in [9.17, 15) is 14.4 Å². The molecule has 2 aliphatic heterocycles. The van der Waals surface area contributed by atoms with Crippen molar-refractivity contribution in [2.75, 3.05) is 31.1 Å². The number of fused-ring (bicyclic) bond motifs is 1. The lowest BCUT2D eigenvalue weighted by molar-refractivity contribution is -0.151. The zero-order chi connectivity index (χ0) is 19.6. The number of benzene rings is 1. The Hall–Kier alpha value is -2.57. The second-order valence-electron chi connectivity index (χ2n) is 7.06. The molecule has 27 heavy (non-hydrogen) atoms. The number of anilines is 1. The van der Waals surface area contributed by atoms with Gasteiger partial charge >= 0.3 is 5.97 Å². The Bertz CT molecular complexity index is 740. The standard InChI is InChI=1S/C20H26N2O5/c1-4-26-20(25)15-7-9-21(10-8-15)18(23)12-22-16-11-13(2)5-6-17(16)27-14(3)19(22)24/h5-6,11,14-15H,4,7-10,12H2,1-3H3. The first-order valence-corrected chi connectivity index (χ1v) is 9.43. The predicted molar refractivity (Wildman–Crippen MR) is 99.6 cm³/mol. The van der Waals surface area contributed by atoms with Crippen molar-refractivity contribution in [3.63, 3.8) is 0 Å². The number of ether oxygens (including phenoxy) is 2. The van der Waals surface area contributed by atoms with Gasteiger partial charge < -0.3 is 14.4 Å². The molecular formula is C20H26N2O5. The highest BCUT2D eigenvalue weighted by atomic mass is 16.5. The van der Waals surface area contributed by atoms with Gasteiger partial charge in [-0.1, -0.05) is 6.07 Å². The van der Waals surface area contributed by atoms with Crippen molar-refractivity contribution in [1.29, 1.82) is 0 Å².